The zero-order valence-corrected chi connectivity index (χ0v) is 20.2. The van der Waals surface area contributed by atoms with E-state index in [4.69, 9.17) is 10.5 Å². The summed E-state index contributed by atoms with van der Waals surface area (Å²) in [6, 6.07) is 7.64. The van der Waals surface area contributed by atoms with E-state index in [0.717, 1.165) is 12.1 Å². The summed E-state index contributed by atoms with van der Waals surface area (Å²) in [7, 11) is 0. The quantitative estimate of drug-likeness (QED) is 0.392. The number of halogens is 3. The lowest BCUT2D eigenvalue weighted by Crippen LogP contribution is -2.40. The smallest absolute Gasteiger partial charge is 0.276 e. The number of nitrogens with two attached hydrogens (primary N) is 1. The second-order valence-corrected chi connectivity index (χ2v) is 8.37. The van der Waals surface area contributed by atoms with Crippen molar-refractivity contribution in [3.63, 3.8) is 0 Å². The molecule has 0 aliphatic heterocycles. The molecule has 4 N–H and O–H groups in total. The minimum absolute atomic E-state index is 0.0375. The lowest BCUT2D eigenvalue weighted by molar-refractivity contribution is -0.125. The Bertz CT molecular complexity index is 1360. The first-order chi connectivity index (χ1) is 16.5. The third-order valence-corrected chi connectivity index (χ3v) is 5.72. The molecule has 35 heavy (non-hydrogen) atoms. The van der Waals surface area contributed by atoms with Crippen LogP contribution in [0.3, 0.4) is 0 Å². The molecule has 0 spiro atoms. The molecule has 0 fully saturated rings. The van der Waals surface area contributed by atoms with Crippen LogP contribution < -0.4 is 21.3 Å². The zero-order valence-electron chi connectivity index (χ0n) is 18.6. The summed E-state index contributed by atoms with van der Waals surface area (Å²) in [6.07, 6.45) is -1.54. The summed E-state index contributed by atoms with van der Waals surface area (Å²) < 4.78 is 33.7. The zero-order chi connectivity index (χ0) is 25.9. The molecule has 2 aromatic carbocycles. The second-order valence-electron chi connectivity index (χ2n) is 7.57. The maximum absolute atomic E-state index is 13.9. The number of nitrogens with zero attached hydrogens (tertiary/aromatic N) is 2. The molecule has 184 valence electrons. The Morgan fingerprint density at radius 2 is 1.94 bits per heavy atom. The lowest BCUT2D eigenvalue weighted by Gasteiger charge is -2.16. The van der Waals surface area contributed by atoms with E-state index in [2.05, 4.69) is 26.2 Å². The molecular weight excluding hydrogens is 530 g/mol. The minimum atomic E-state index is -1.54. The number of carbonyl (C=O) groups is 2. The Hall–Kier alpha value is -3.64. The van der Waals surface area contributed by atoms with Gasteiger partial charge in [-0.3, -0.25) is 19.0 Å². The number of aryl methyl sites for hydroxylation is 2. The van der Waals surface area contributed by atoms with Crippen LogP contribution >= 0.6 is 15.9 Å². The van der Waals surface area contributed by atoms with Crippen molar-refractivity contribution < 1.29 is 28.2 Å². The number of benzene rings is 2. The van der Waals surface area contributed by atoms with Gasteiger partial charge in [0.05, 0.1) is 12.2 Å². The van der Waals surface area contributed by atoms with Crippen molar-refractivity contribution in [3.05, 3.63) is 85.4 Å². The van der Waals surface area contributed by atoms with Crippen molar-refractivity contribution in [2.45, 2.75) is 26.6 Å². The number of carbonyl (C=O) groups excluding carboxylic acids is 2. The fraction of sp³-hybridized carbons (Fsp3) is 0.217. The molecule has 1 atom stereocenters. The van der Waals surface area contributed by atoms with Gasteiger partial charge in [-0.05, 0) is 59.6 Å². The van der Waals surface area contributed by atoms with Crippen molar-refractivity contribution in [1.29, 1.82) is 0 Å². The van der Waals surface area contributed by atoms with Gasteiger partial charge in [-0.2, -0.15) is 4.98 Å². The van der Waals surface area contributed by atoms with Gasteiger partial charge >= 0.3 is 0 Å². The van der Waals surface area contributed by atoms with Crippen LogP contribution in [-0.4, -0.2) is 39.1 Å². The molecule has 0 saturated carbocycles. The van der Waals surface area contributed by atoms with E-state index in [1.165, 1.54) is 22.8 Å². The van der Waals surface area contributed by atoms with Gasteiger partial charge in [0.2, 0.25) is 11.8 Å². The largest absolute Gasteiger partial charge is 0.472 e. The fourth-order valence-electron chi connectivity index (χ4n) is 3.13. The molecule has 9 nitrogen and oxygen atoms in total. The Kier molecular flexibility index (Phi) is 7.97. The molecule has 3 aromatic rings. The Balaban J connectivity index is 1.90. The Morgan fingerprint density at radius 1 is 1.23 bits per heavy atom. The van der Waals surface area contributed by atoms with Crippen molar-refractivity contribution in [2.75, 3.05) is 6.54 Å². The number of nitrogens with one attached hydrogen (secondary N) is 1. The highest BCUT2D eigenvalue weighted by atomic mass is 79.9. The van der Waals surface area contributed by atoms with Crippen LogP contribution in [0.5, 0.6) is 5.88 Å². The fourth-order valence-corrected chi connectivity index (χ4v) is 3.51. The predicted octanol–water partition coefficient (Wildman–Crippen LogP) is 2.05. The first kappa shape index (κ1) is 26.0. The number of ether oxygens (including phenoxy) is 1. The summed E-state index contributed by atoms with van der Waals surface area (Å²) >= 11 is 3.17. The van der Waals surface area contributed by atoms with Gasteiger partial charge < -0.3 is 20.9 Å². The lowest BCUT2D eigenvalue weighted by atomic mass is 10.1. The number of rotatable bonds is 8. The maximum atomic E-state index is 13.9. The number of aliphatic hydroxyl groups excluding tert-OH is 1. The number of hydrogen-bond donors (Lipinski definition) is 3. The summed E-state index contributed by atoms with van der Waals surface area (Å²) in [5.74, 6) is -2.94. The molecular formula is C23H21BrF2N4O5. The molecule has 1 heterocycles. The first-order valence-corrected chi connectivity index (χ1v) is 11.0. The minimum Gasteiger partial charge on any atom is -0.472 e. The number of primary amides is 1. The van der Waals surface area contributed by atoms with Crippen molar-refractivity contribution in [2.24, 2.45) is 5.73 Å². The van der Waals surface area contributed by atoms with Crippen LogP contribution in [0, 0.1) is 25.5 Å². The number of hydrogen-bond acceptors (Lipinski definition) is 6. The molecule has 0 bridgehead atoms. The summed E-state index contributed by atoms with van der Waals surface area (Å²) in [5, 5.41) is 11.9. The van der Waals surface area contributed by atoms with Crippen LogP contribution in [0.25, 0.3) is 5.69 Å². The van der Waals surface area contributed by atoms with E-state index in [0.29, 0.717) is 11.3 Å². The second kappa shape index (κ2) is 10.7. The Labute approximate surface area is 206 Å². The van der Waals surface area contributed by atoms with Gasteiger partial charge in [-0.15, -0.1) is 0 Å². The molecule has 12 heteroatoms. The number of aromatic nitrogens is 2. The highest BCUT2D eigenvalue weighted by Crippen LogP contribution is 2.24. The van der Waals surface area contributed by atoms with Gasteiger partial charge in [0.25, 0.3) is 11.5 Å². The first-order valence-electron chi connectivity index (χ1n) is 10.2. The normalized spacial score (nSPS) is 11.7. The van der Waals surface area contributed by atoms with Gasteiger partial charge in [0, 0.05) is 17.2 Å². The van der Waals surface area contributed by atoms with Crippen molar-refractivity contribution >= 4 is 27.7 Å². The standard InChI is InChI=1S/C23H21BrF2N4O5/c1-11-3-4-13(21(33)28-9-18(31)20(27)32)7-17(11)30-12(2)29-22(19(24)23(30)34)35-10-14-5-6-15(25)8-16(14)26/h3-8,18,31H,9-10H2,1-2H3,(H2,27,32)(H,28,33). The molecule has 0 radical (unpaired) electrons. The van der Waals surface area contributed by atoms with Crippen molar-refractivity contribution in [3.8, 4) is 11.6 Å². The van der Waals surface area contributed by atoms with Crippen LogP contribution in [0.4, 0.5) is 8.78 Å². The van der Waals surface area contributed by atoms with E-state index in [-0.39, 0.29) is 40.5 Å². The summed E-state index contributed by atoms with van der Waals surface area (Å²) in [6.45, 7) is 2.63. The topological polar surface area (TPSA) is 137 Å². The SMILES string of the molecule is Cc1ccc(C(=O)NCC(O)C(N)=O)cc1-n1c(C)nc(OCc2ccc(F)cc2F)c(Br)c1=O. The van der Waals surface area contributed by atoms with Crippen LogP contribution in [0.15, 0.2) is 45.7 Å². The molecule has 3 rings (SSSR count). The van der Waals surface area contributed by atoms with Gasteiger partial charge in [0.15, 0.2) is 0 Å². The number of aliphatic hydroxyl groups is 1. The third kappa shape index (κ3) is 5.89. The summed E-state index contributed by atoms with van der Waals surface area (Å²) in [5.41, 5.74) is 5.69. The van der Waals surface area contributed by atoms with Crippen LogP contribution in [0.2, 0.25) is 0 Å². The summed E-state index contributed by atoms with van der Waals surface area (Å²) in [4.78, 5) is 40.8. The average molecular weight is 551 g/mol. The molecule has 1 aromatic heterocycles. The van der Waals surface area contributed by atoms with Gasteiger partial charge in [-0.25, -0.2) is 8.78 Å². The molecule has 1 unspecified atom stereocenters. The third-order valence-electron chi connectivity index (χ3n) is 5.04. The maximum Gasteiger partial charge on any atom is 0.276 e. The molecule has 0 aliphatic rings. The van der Waals surface area contributed by atoms with E-state index in [9.17, 15) is 28.3 Å². The average Bonchev–Trinajstić information content (AvgIpc) is 2.80. The number of amides is 2. The van der Waals surface area contributed by atoms with Crippen LogP contribution in [0.1, 0.15) is 27.3 Å². The van der Waals surface area contributed by atoms with Crippen LogP contribution in [-0.2, 0) is 11.4 Å². The molecule has 2 amide bonds. The predicted molar refractivity (Wildman–Crippen MR) is 125 cm³/mol. The van der Waals surface area contributed by atoms with E-state index in [1.54, 1.807) is 19.9 Å². The van der Waals surface area contributed by atoms with Gasteiger partial charge in [-0.1, -0.05) is 6.07 Å². The van der Waals surface area contributed by atoms with Crippen molar-refractivity contribution in [1.82, 2.24) is 14.9 Å². The monoisotopic (exact) mass is 550 g/mol. The highest BCUT2D eigenvalue weighted by molar-refractivity contribution is 9.10. The van der Waals surface area contributed by atoms with E-state index in [1.807, 2.05) is 0 Å². The molecule has 0 saturated heterocycles. The molecule has 0 aliphatic carbocycles. The van der Waals surface area contributed by atoms with Gasteiger partial charge in [0.1, 0.15) is 34.6 Å². The Morgan fingerprint density at radius 3 is 2.60 bits per heavy atom. The van der Waals surface area contributed by atoms with E-state index >= 15 is 0 Å². The highest BCUT2D eigenvalue weighted by Gasteiger charge is 2.19. The van der Waals surface area contributed by atoms with E-state index < -0.39 is 35.1 Å².